The maximum atomic E-state index is 12.9. The Morgan fingerprint density at radius 1 is 1.00 bits per heavy atom. The highest BCUT2D eigenvalue weighted by molar-refractivity contribution is 5.43. The van der Waals surface area contributed by atoms with Crippen molar-refractivity contribution in [1.29, 1.82) is 0 Å². The molecule has 6 heteroatoms. The van der Waals surface area contributed by atoms with Gasteiger partial charge in [-0.3, -0.25) is 0 Å². The minimum Gasteiger partial charge on any atom is -0.508 e. The van der Waals surface area contributed by atoms with Gasteiger partial charge in [-0.25, -0.2) is 0 Å². The molecule has 4 aliphatic rings. The van der Waals surface area contributed by atoms with Crippen LogP contribution in [0.15, 0.2) is 54.3 Å². The van der Waals surface area contributed by atoms with Crippen molar-refractivity contribution in [3.05, 3.63) is 71.0 Å². The van der Waals surface area contributed by atoms with Crippen LogP contribution in [-0.4, -0.2) is 16.8 Å². The van der Waals surface area contributed by atoms with Gasteiger partial charge in [0.25, 0.3) is 0 Å². The first-order valence-corrected chi connectivity index (χ1v) is 12.2. The smallest absolute Gasteiger partial charge is 0.416 e. The summed E-state index contributed by atoms with van der Waals surface area (Å²) in [5.74, 6) is 3.03. The molecule has 2 aromatic carbocycles. The molecule has 2 N–H and O–H groups in total. The van der Waals surface area contributed by atoms with Gasteiger partial charge in [-0.1, -0.05) is 18.2 Å². The molecule has 0 radical (unpaired) electrons. The number of rotatable bonds is 7. The number of halogens is 3. The van der Waals surface area contributed by atoms with Gasteiger partial charge in [0.05, 0.1) is 5.56 Å². The fraction of sp³-hybridized carbons (Fsp3) is 0.500. The minimum absolute atomic E-state index is 0.0452. The van der Waals surface area contributed by atoms with Crippen molar-refractivity contribution < 1.29 is 28.1 Å². The number of aryl methyl sites for hydroxylation is 1. The van der Waals surface area contributed by atoms with Crippen LogP contribution in [0.5, 0.6) is 11.5 Å². The van der Waals surface area contributed by atoms with Crippen molar-refractivity contribution in [2.75, 3.05) is 6.61 Å². The SMILES string of the molecule is OC/C(=C/CCc1ccc(O)c(C23CC4CC(CC(C4)C2)C3)c1)Oc1cccc(C(F)(F)F)c1. The first-order chi connectivity index (χ1) is 16.2. The number of phenols is 1. The van der Waals surface area contributed by atoms with E-state index in [2.05, 4.69) is 6.07 Å². The Hall–Kier alpha value is -2.47. The van der Waals surface area contributed by atoms with Gasteiger partial charge in [-0.15, -0.1) is 0 Å². The Morgan fingerprint density at radius 3 is 2.29 bits per heavy atom. The summed E-state index contributed by atoms with van der Waals surface area (Å²) in [4.78, 5) is 0. The Morgan fingerprint density at radius 2 is 1.68 bits per heavy atom. The van der Waals surface area contributed by atoms with Crippen molar-refractivity contribution in [3.8, 4) is 11.5 Å². The van der Waals surface area contributed by atoms with Gasteiger partial charge in [-0.05, 0) is 110 Å². The van der Waals surface area contributed by atoms with Crippen LogP contribution in [0.25, 0.3) is 0 Å². The van der Waals surface area contributed by atoms with Crippen LogP contribution < -0.4 is 4.74 Å². The lowest BCUT2D eigenvalue weighted by atomic mass is 9.48. The highest BCUT2D eigenvalue weighted by Gasteiger charge is 2.52. The Labute approximate surface area is 198 Å². The molecule has 0 aromatic heterocycles. The number of hydrogen-bond acceptors (Lipinski definition) is 3. The highest BCUT2D eigenvalue weighted by Crippen LogP contribution is 2.61. The molecular weight excluding hydrogens is 441 g/mol. The molecule has 4 bridgehead atoms. The Kier molecular flexibility index (Phi) is 6.13. The molecule has 34 heavy (non-hydrogen) atoms. The van der Waals surface area contributed by atoms with Crippen molar-refractivity contribution in [2.24, 2.45) is 17.8 Å². The predicted molar refractivity (Wildman–Crippen MR) is 124 cm³/mol. The molecule has 0 heterocycles. The second-order valence-corrected chi connectivity index (χ2v) is 10.5. The standard InChI is InChI=1S/C28H31F3O3/c29-28(30,31)22-4-2-5-23(13-22)34-24(17-32)6-1-3-18-7-8-26(33)25(12-18)27-14-19-9-20(15-27)11-21(10-19)16-27/h2,4-8,12-13,19-21,32-33H,1,3,9-11,14-17H2/b24-6-. The van der Waals surface area contributed by atoms with E-state index in [9.17, 15) is 23.4 Å². The summed E-state index contributed by atoms with van der Waals surface area (Å²) in [6.07, 6.45) is 6.10. The van der Waals surface area contributed by atoms with Gasteiger partial charge in [-0.2, -0.15) is 13.2 Å². The normalized spacial score (nSPS) is 28.4. The molecule has 3 nitrogen and oxygen atoms in total. The van der Waals surface area contributed by atoms with Gasteiger partial charge < -0.3 is 14.9 Å². The number of alkyl halides is 3. The Balaban J connectivity index is 1.27. The van der Waals surface area contributed by atoms with Crippen molar-refractivity contribution >= 4 is 0 Å². The average Bonchev–Trinajstić information content (AvgIpc) is 2.78. The van der Waals surface area contributed by atoms with E-state index in [0.717, 1.165) is 41.0 Å². The van der Waals surface area contributed by atoms with Crippen LogP contribution in [0.4, 0.5) is 13.2 Å². The zero-order chi connectivity index (χ0) is 23.9. The molecule has 182 valence electrons. The molecule has 0 spiro atoms. The summed E-state index contributed by atoms with van der Waals surface area (Å²) in [6.45, 7) is -0.398. The van der Waals surface area contributed by atoms with E-state index >= 15 is 0 Å². The third kappa shape index (κ3) is 4.70. The quantitative estimate of drug-likeness (QED) is 0.438. The van der Waals surface area contributed by atoms with Crippen LogP contribution >= 0.6 is 0 Å². The van der Waals surface area contributed by atoms with Crippen molar-refractivity contribution in [2.45, 2.75) is 63.0 Å². The predicted octanol–water partition coefficient (Wildman–Crippen LogP) is 6.77. The summed E-state index contributed by atoms with van der Waals surface area (Å²) < 4.78 is 44.3. The number of benzene rings is 2. The zero-order valence-corrected chi connectivity index (χ0v) is 19.2. The van der Waals surface area contributed by atoms with E-state index in [1.54, 1.807) is 12.1 Å². The molecular formula is C28H31F3O3. The number of aromatic hydroxyl groups is 1. The van der Waals surface area contributed by atoms with Crippen LogP contribution in [0, 0.1) is 17.8 Å². The second-order valence-electron chi connectivity index (χ2n) is 10.5. The molecule has 0 unspecified atom stereocenters. The van der Waals surface area contributed by atoms with Gasteiger partial charge >= 0.3 is 6.18 Å². The summed E-state index contributed by atoms with van der Waals surface area (Å²) in [7, 11) is 0. The molecule has 2 aromatic rings. The Bertz CT molecular complexity index is 1040. The van der Waals surface area contributed by atoms with Crippen LogP contribution in [-0.2, 0) is 18.0 Å². The first kappa shape index (κ1) is 23.3. The van der Waals surface area contributed by atoms with E-state index in [4.69, 9.17) is 4.74 Å². The summed E-state index contributed by atoms with van der Waals surface area (Å²) in [5, 5.41) is 20.4. The van der Waals surface area contributed by atoms with Gasteiger partial charge in [0, 0.05) is 5.56 Å². The molecule has 0 amide bonds. The van der Waals surface area contributed by atoms with Crippen LogP contribution in [0.2, 0.25) is 0 Å². The average molecular weight is 473 g/mol. The molecule has 4 saturated carbocycles. The number of phenolic OH excluding ortho intramolecular Hbond substituents is 1. The maximum Gasteiger partial charge on any atom is 0.416 e. The second kappa shape index (κ2) is 8.95. The molecule has 4 fully saturated rings. The third-order valence-corrected chi connectivity index (χ3v) is 8.04. The summed E-state index contributed by atoms with van der Waals surface area (Å²) in [5.41, 5.74) is 1.52. The van der Waals surface area contributed by atoms with Gasteiger partial charge in [0.15, 0.2) is 0 Å². The molecule has 0 aliphatic heterocycles. The molecule has 6 rings (SSSR count). The van der Waals surface area contributed by atoms with Crippen LogP contribution in [0.1, 0.15) is 61.6 Å². The maximum absolute atomic E-state index is 12.9. The molecule has 0 atom stereocenters. The lowest BCUT2D eigenvalue weighted by Gasteiger charge is -2.57. The van der Waals surface area contributed by atoms with E-state index < -0.39 is 18.3 Å². The zero-order valence-electron chi connectivity index (χ0n) is 19.2. The van der Waals surface area contributed by atoms with Crippen LogP contribution in [0.3, 0.4) is 0 Å². The minimum atomic E-state index is -4.45. The first-order valence-electron chi connectivity index (χ1n) is 12.2. The number of hydrogen-bond donors (Lipinski definition) is 2. The largest absolute Gasteiger partial charge is 0.508 e. The monoisotopic (exact) mass is 472 g/mol. The summed E-state index contributed by atoms with van der Waals surface area (Å²) in [6, 6.07) is 10.5. The molecule has 0 saturated heterocycles. The highest BCUT2D eigenvalue weighted by atomic mass is 19.4. The third-order valence-electron chi connectivity index (χ3n) is 8.04. The van der Waals surface area contributed by atoms with E-state index in [0.29, 0.717) is 18.6 Å². The van der Waals surface area contributed by atoms with Crippen molar-refractivity contribution in [1.82, 2.24) is 0 Å². The number of ether oxygens (including phenoxy) is 1. The van der Waals surface area contributed by atoms with E-state index in [-0.39, 0.29) is 16.9 Å². The van der Waals surface area contributed by atoms with Gasteiger partial charge in [0.2, 0.25) is 0 Å². The number of aliphatic hydroxyl groups excluding tert-OH is 1. The fourth-order valence-electron chi connectivity index (χ4n) is 7.03. The number of aliphatic hydroxyl groups is 1. The van der Waals surface area contributed by atoms with Crippen molar-refractivity contribution in [3.63, 3.8) is 0 Å². The lowest BCUT2D eigenvalue weighted by Crippen LogP contribution is -2.48. The van der Waals surface area contributed by atoms with Gasteiger partial charge in [0.1, 0.15) is 23.9 Å². The lowest BCUT2D eigenvalue weighted by molar-refractivity contribution is -0.137. The summed E-state index contributed by atoms with van der Waals surface area (Å²) >= 11 is 0. The number of allylic oxidation sites excluding steroid dienone is 1. The van der Waals surface area contributed by atoms with E-state index in [1.807, 2.05) is 6.07 Å². The topological polar surface area (TPSA) is 49.7 Å². The van der Waals surface area contributed by atoms with E-state index in [1.165, 1.54) is 50.7 Å². The molecule has 4 aliphatic carbocycles. The fourth-order valence-corrected chi connectivity index (χ4v) is 7.03.